The van der Waals surface area contributed by atoms with Gasteiger partial charge < -0.3 is 31.3 Å². The molecule has 1 fully saturated rings. The molecule has 0 saturated carbocycles. The second-order valence-electron chi connectivity index (χ2n) is 10.6. The first-order valence-corrected chi connectivity index (χ1v) is 14.6. The van der Waals surface area contributed by atoms with Gasteiger partial charge in [0.25, 0.3) is 5.91 Å². The molecule has 0 unspecified atom stereocenters. The summed E-state index contributed by atoms with van der Waals surface area (Å²) < 4.78 is 5.54. The number of hydrogen-bond donors (Lipinski definition) is 5. The van der Waals surface area contributed by atoms with E-state index in [9.17, 15) is 14.4 Å². The number of piperidine rings is 1. The summed E-state index contributed by atoms with van der Waals surface area (Å²) in [5.74, 6) is -0.397. The van der Waals surface area contributed by atoms with Crippen LogP contribution in [0.15, 0.2) is 84.9 Å². The molecule has 3 aromatic rings. The van der Waals surface area contributed by atoms with Gasteiger partial charge in [-0.1, -0.05) is 60.7 Å². The van der Waals surface area contributed by atoms with E-state index in [0.29, 0.717) is 43.9 Å². The van der Waals surface area contributed by atoms with E-state index in [4.69, 9.17) is 15.9 Å². The Morgan fingerprint density at radius 1 is 0.837 bits per heavy atom. The molecule has 10 nitrogen and oxygen atoms in total. The van der Waals surface area contributed by atoms with E-state index in [-0.39, 0.29) is 36.7 Å². The van der Waals surface area contributed by atoms with Crippen molar-refractivity contribution in [3.8, 4) is 5.75 Å². The van der Waals surface area contributed by atoms with E-state index in [2.05, 4.69) is 16.0 Å². The molecule has 1 heterocycles. The van der Waals surface area contributed by atoms with Crippen molar-refractivity contribution in [3.63, 3.8) is 0 Å². The maximum absolute atomic E-state index is 13.8. The van der Waals surface area contributed by atoms with Crippen molar-refractivity contribution < 1.29 is 19.1 Å². The zero-order valence-electron chi connectivity index (χ0n) is 24.4. The SMILES string of the molecule is CCOc1ccc(C[C@@H](NC(=O)c2ccccc2)C(=O)N[C@@H](Cc2ccccc2)C(=O)NC2CCN(C(=N)N)CC2)cc1. The molecule has 43 heavy (non-hydrogen) atoms. The second-order valence-corrected chi connectivity index (χ2v) is 10.6. The third-order valence-corrected chi connectivity index (χ3v) is 7.43. The number of benzene rings is 3. The van der Waals surface area contributed by atoms with Gasteiger partial charge in [-0.3, -0.25) is 19.8 Å². The van der Waals surface area contributed by atoms with Crippen LogP contribution in [0, 0.1) is 5.41 Å². The molecule has 4 rings (SSSR count). The Bertz CT molecular complexity index is 1360. The van der Waals surface area contributed by atoms with Crippen molar-refractivity contribution >= 4 is 23.7 Å². The molecule has 3 amide bonds. The molecule has 1 saturated heterocycles. The third kappa shape index (κ3) is 9.32. The Labute approximate surface area is 252 Å². The van der Waals surface area contributed by atoms with Crippen LogP contribution >= 0.6 is 0 Å². The van der Waals surface area contributed by atoms with Gasteiger partial charge in [0.05, 0.1) is 6.61 Å². The highest BCUT2D eigenvalue weighted by Gasteiger charge is 2.30. The van der Waals surface area contributed by atoms with Crippen molar-refractivity contribution in [2.75, 3.05) is 19.7 Å². The molecule has 3 aromatic carbocycles. The fraction of sp³-hybridized carbons (Fsp3) is 0.333. The molecule has 1 aliphatic heterocycles. The average Bonchev–Trinajstić information content (AvgIpc) is 3.02. The normalized spacial score (nSPS) is 14.7. The zero-order chi connectivity index (χ0) is 30.6. The van der Waals surface area contributed by atoms with Crippen LogP contribution in [0.4, 0.5) is 0 Å². The summed E-state index contributed by atoms with van der Waals surface area (Å²) in [6, 6.07) is 23.7. The number of nitrogens with two attached hydrogens (primary N) is 1. The van der Waals surface area contributed by atoms with E-state index >= 15 is 0 Å². The first-order chi connectivity index (χ1) is 20.8. The van der Waals surface area contributed by atoms with Gasteiger partial charge in [0.2, 0.25) is 11.8 Å². The molecule has 0 radical (unpaired) electrons. The molecule has 2 atom stereocenters. The Morgan fingerprint density at radius 3 is 1.98 bits per heavy atom. The van der Waals surface area contributed by atoms with Gasteiger partial charge in [-0.2, -0.15) is 0 Å². The lowest BCUT2D eigenvalue weighted by molar-refractivity contribution is -0.130. The minimum absolute atomic E-state index is 0.0233. The minimum Gasteiger partial charge on any atom is -0.494 e. The highest BCUT2D eigenvalue weighted by atomic mass is 16.5. The smallest absolute Gasteiger partial charge is 0.251 e. The molecule has 0 aliphatic carbocycles. The van der Waals surface area contributed by atoms with Crippen molar-refractivity contribution in [2.24, 2.45) is 5.73 Å². The summed E-state index contributed by atoms with van der Waals surface area (Å²) in [6.07, 6.45) is 1.79. The Morgan fingerprint density at radius 2 is 1.40 bits per heavy atom. The van der Waals surface area contributed by atoms with Crippen LogP contribution in [0.25, 0.3) is 0 Å². The number of rotatable bonds is 12. The Hall–Kier alpha value is -4.86. The van der Waals surface area contributed by atoms with E-state index in [0.717, 1.165) is 11.1 Å². The lowest BCUT2D eigenvalue weighted by Gasteiger charge is -2.33. The maximum atomic E-state index is 13.8. The molecular weight excluding hydrogens is 544 g/mol. The number of guanidine groups is 1. The molecule has 10 heteroatoms. The Balaban J connectivity index is 1.51. The summed E-state index contributed by atoms with van der Waals surface area (Å²) in [6.45, 7) is 3.60. The van der Waals surface area contributed by atoms with Gasteiger partial charge in [-0.05, 0) is 55.2 Å². The third-order valence-electron chi connectivity index (χ3n) is 7.43. The number of nitrogens with one attached hydrogen (secondary N) is 4. The number of nitrogens with zero attached hydrogens (tertiary/aromatic N) is 1. The van der Waals surface area contributed by atoms with Crippen molar-refractivity contribution in [3.05, 3.63) is 102 Å². The van der Waals surface area contributed by atoms with Crippen LogP contribution in [-0.2, 0) is 22.4 Å². The van der Waals surface area contributed by atoms with Crippen molar-refractivity contribution in [1.82, 2.24) is 20.9 Å². The van der Waals surface area contributed by atoms with Gasteiger partial charge in [-0.25, -0.2) is 0 Å². The van der Waals surface area contributed by atoms with Crippen LogP contribution in [0.5, 0.6) is 5.75 Å². The van der Waals surface area contributed by atoms with Crippen LogP contribution in [0.3, 0.4) is 0 Å². The van der Waals surface area contributed by atoms with E-state index in [1.807, 2.05) is 67.6 Å². The molecule has 6 N–H and O–H groups in total. The average molecular weight is 585 g/mol. The van der Waals surface area contributed by atoms with Gasteiger partial charge in [0.15, 0.2) is 5.96 Å². The molecule has 0 aromatic heterocycles. The quantitative estimate of drug-likeness (QED) is 0.163. The number of ether oxygens (including phenoxy) is 1. The molecular formula is C33H40N6O4. The first-order valence-electron chi connectivity index (χ1n) is 14.6. The minimum atomic E-state index is -0.935. The van der Waals surface area contributed by atoms with E-state index in [1.54, 1.807) is 29.2 Å². The van der Waals surface area contributed by atoms with Crippen molar-refractivity contribution in [2.45, 2.75) is 50.7 Å². The highest BCUT2D eigenvalue weighted by molar-refractivity contribution is 5.98. The van der Waals surface area contributed by atoms with E-state index < -0.39 is 18.0 Å². The monoisotopic (exact) mass is 584 g/mol. The molecule has 0 spiro atoms. The number of likely N-dealkylation sites (tertiary alicyclic amines) is 1. The van der Waals surface area contributed by atoms with Gasteiger partial charge in [0, 0.05) is 37.5 Å². The van der Waals surface area contributed by atoms with Gasteiger partial charge in [-0.15, -0.1) is 0 Å². The standard InChI is InChI=1S/C33H40N6O4/c1-2-43-27-15-13-24(14-16-27)22-29(37-30(40)25-11-7-4-8-12-25)32(42)38-28(21-23-9-5-3-6-10-23)31(41)36-26-17-19-39(20-18-26)33(34)35/h3-16,26,28-29H,2,17-22H2,1H3,(H3,34,35)(H,36,41)(H,37,40)(H,38,42)/t28-,29+/m0/s1. The topological polar surface area (TPSA) is 150 Å². The predicted octanol–water partition coefficient (Wildman–Crippen LogP) is 2.63. The lowest BCUT2D eigenvalue weighted by atomic mass is 10.0. The first kappa shape index (κ1) is 31.1. The zero-order valence-corrected chi connectivity index (χ0v) is 24.4. The van der Waals surface area contributed by atoms with Crippen LogP contribution in [0.1, 0.15) is 41.3 Å². The molecule has 226 valence electrons. The van der Waals surface area contributed by atoms with Gasteiger partial charge in [0.1, 0.15) is 17.8 Å². The summed E-state index contributed by atoms with van der Waals surface area (Å²) >= 11 is 0. The fourth-order valence-corrected chi connectivity index (χ4v) is 5.06. The largest absolute Gasteiger partial charge is 0.494 e. The second kappa shape index (κ2) is 15.4. The summed E-state index contributed by atoms with van der Waals surface area (Å²) in [4.78, 5) is 42.3. The van der Waals surface area contributed by atoms with Crippen LogP contribution in [0.2, 0.25) is 0 Å². The summed E-state index contributed by atoms with van der Waals surface area (Å²) in [7, 11) is 0. The molecule has 0 bridgehead atoms. The van der Waals surface area contributed by atoms with Crippen molar-refractivity contribution in [1.29, 1.82) is 5.41 Å². The number of carbonyl (C=O) groups excluding carboxylic acids is 3. The Kier molecular flexibility index (Phi) is 11.1. The maximum Gasteiger partial charge on any atom is 0.251 e. The summed E-state index contributed by atoms with van der Waals surface area (Å²) in [5.41, 5.74) is 7.78. The summed E-state index contributed by atoms with van der Waals surface area (Å²) in [5, 5.41) is 16.5. The number of hydrogen-bond acceptors (Lipinski definition) is 5. The van der Waals surface area contributed by atoms with E-state index in [1.165, 1.54) is 0 Å². The highest BCUT2D eigenvalue weighted by Crippen LogP contribution is 2.15. The fourth-order valence-electron chi connectivity index (χ4n) is 5.06. The number of amides is 3. The van der Waals surface area contributed by atoms with Crippen LogP contribution in [-0.4, -0.2) is 66.4 Å². The number of carbonyl (C=O) groups is 3. The van der Waals surface area contributed by atoms with Gasteiger partial charge >= 0.3 is 0 Å². The molecule has 1 aliphatic rings. The lowest BCUT2D eigenvalue weighted by Crippen LogP contribution is -2.57. The van der Waals surface area contributed by atoms with Crippen LogP contribution < -0.4 is 26.4 Å². The predicted molar refractivity (Wildman–Crippen MR) is 166 cm³/mol.